The number of aryl methyl sites for hydroxylation is 1. The number of aromatic amines is 2. The van der Waals surface area contributed by atoms with E-state index in [2.05, 4.69) is 27.1 Å². The number of fused-ring (bicyclic) bond motifs is 1. The molecular formula is C15H15N3O. The van der Waals surface area contributed by atoms with Gasteiger partial charge in [-0.1, -0.05) is 18.2 Å². The topological polar surface area (TPSA) is 61.5 Å². The predicted octanol–water partition coefficient (Wildman–Crippen LogP) is 3.00. The van der Waals surface area contributed by atoms with Gasteiger partial charge >= 0.3 is 0 Å². The van der Waals surface area contributed by atoms with E-state index in [1.54, 1.807) is 13.1 Å². The van der Waals surface area contributed by atoms with Crippen LogP contribution in [0.2, 0.25) is 0 Å². The van der Waals surface area contributed by atoms with Gasteiger partial charge in [-0.3, -0.25) is 4.79 Å². The number of carbonyl (C=O) groups is 1. The first-order valence-corrected chi connectivity index (χ1v) is 6.26. The maximum atomic E-state index is 11.1. The summed E-state index contributed by atoms with van der Waals surface area (Å²) in [6.07, 6.45) is 2.14. The Hall–Kier alpha value is -2.36. The Bertz CT molecular complexity index is 752. The number of Topliss-reactive ketones (excluding diaryl/α,β-unsaturated/α-hetero) is 1. The van der Waals surface area contributed by atoms with Crippen LogP contribution in [0.1, 0.15) is 18.4 Å². The lowest BCUT2D eigenvalue weighted by Gasteiger charge is -1.97. The van der Waals surface area contributed by atoms with Gasteiger partial charge in [0, 0.05) is 22.2 Å². The van der Waals surface area contributed by atoms with Crippen molar-refractivity contribution in [2.45, 2.75) is 20.3 Å². The highest BCUT2D eigenvalue weighted by Gasteiger charge is 2.12. The Balaban J connectivity index is 2.11. The van der Waals surface area contributed by atoms with E-state index in [9.17, 15) is 4.79 Å². The zero-order valence-electron chi connectivity index (χ0n) is 10.9. The van der Waals surface area contributed by atoms with Gasteiger partial charge in [0.15, 0.2) is 0 Å². The lowest BCUT2D eigenvalue weighted by Crippen LogP contribution is -1.97. The number of hydrogen-bond acceptors (Lipinski definition) is 2. The van der Waals surface area contributed by atoms with Gasteiger partial charge in [-0.15, -0.1) is 0 Å². The number of H-pyrrole nitrogens is 2. The minimum Gasteiger partial charge on any atom is -0.358 e. The second-order valence-electron chi connectivity index (χ2n) is 4.79. The normalized spacial score (nSPS) is 11.1. The van der Waals surface area contributed by atoms with Crippen molar-refractivity contribution in [3.63, 3.8) is 0 Å². The zero-order valence-corrected chi connectivity index (χ0v) is 10.9. The van der Waals surface area contributed by atoms with Crippen LogP contribution in [-0.4, -0.2) is 20.7 Å². The Morgan fingerprint density at radius 2 is 2.05 bits per heavy atom. The summed E-state index contributed by atoms with van der Waals surface area (Å²) in [5.41, 5.74) is 4.28. The highest BCUT2D eigenvalue weighted by molar-refractivity contribution is 5.96. The molecule has 4 heteroatoms. The molecule has 0 saturated heterocycles. The van der Waals surface area contributed by atoms with Crippen LogP contribution < -0.4 is 0 Å². The molecule has 96 valence electrons. The molecule has 4 nitrogen and oxygen atoms in total. The van der Waals surface area contributed by atoms with Crippen LogP contribution in [0.25, 0.3) is 22.2 Å². The number of benzene rings is 1. The van der Waals surface area contributed by atoms with Crippen molar-refractivity contribution in [3.8, 4) is 11.3 Å². The maximum Gasteiger partial charge on any atom is 0.137 e. The number of nitrogens with zero attached hydrogens (tertiary/aromatic N) is 1. The molecule has 1 aromatic carbocycles. The molecule has 0 fully saturated rings. The molecule has 0 atom stereocenters. The van der Waals surface area contributed by atoms with Crippen molar-refractivity contribution in [2.24, 2.45) is 0 Å². The second kappa shape index (κ2) is 4.39. The van der Waals surface area contributed by atoms with E-state index in [1.807, 2.05) is 19.1 Å². The SMILES string of the molecule is CC(=O)Cc1ncc(-c2c(C)[nH]c3ccccc23)[nH]1. The van der Waals surface area contributed by atoms with E-state index in [0.29, 0.717) is 12.2 Å². The monoisotopic (exact) mass is 253 g/mol. The first kappa shape index (κ1) is 11.7. The number of rotatable bonds is 3. The summed E-state index contributed by atoms with van der Waals surface area (Å²) in [4.78, 5) is 22.0. The highest BCUT2D eigenvalue weighted by atomic mass is 16.1. The van der Waals surface area contributed by atoms with Gasteiger partial charge in [-0.25, -0.2) is 4.98 Å². The number of ketones is 1. The van der Waals surface area contributed by atoms with Crippen molar-refractivity contribution in [2.75, 3.05) is 0 Å². The largest absolute Gasteiger partial charge is 0.358 e. The smallest absolute Gasteiger partial charge is 0.137 e. The molecule has 19 heavy (non-hydrogen) atoms. The molecule has 0 aliphatic rings. The highest BCUT2D eigenvalue weighted by Crippen LogP contribution is 2.30. The molecule has 0 aliphatic carbocycles. The Morgan fingerprint density at radius 3 is 2.84 bits per heavy atom. The fourth-order valence-corrected chi connectivity index (χ4v) is 2.44. The van der Waals surface area contributed by atoms with E-state index >= 15 is 0 Å². The van der Waals surface area contributed by atoms with Gasteiger partial charge in [0.25, 0.3) is 0 Å². The summed E-state index contributed by atoms with van der Waals surface area (Å²) < 4.78 is 0. The van der Waals surface area contributed by atoms with Crippen LogP contribution in [0.15, 0.2) is 30.5 Å². The van der Waals surface area contributed by atoms with E-state index in [1.165, 1.54) is 0 Å². The van der Waals surface area contributed by atoms with Gasteiger partial charge in [0.05, 0.1) is 18.3 Å². The standard InChI is InChI=1S/C15H15N3O/c1-9(19)7-14-16-8-13(18-14)15-10(2)17-12-6-4-3-5-11(12)15/h3-6,8,17H,7H2,1-2H3,(H,16,18). The third-order valence-electron chi connectivity index (χ3n) is 3.21. The van der Waals surface area contributed by atoms with Crippen LogP contribution in [0.3, 0.4) is 0 Å². The molecule has 0 amide bonds. The molecule has 0 spiro atoms. The first-order valence-electron chi connectivity index (χ1n) is 6.26. The quantitative estimate of drug-likeness (QED) is 0.753. The molecule has 0 unspecified atom stereocenters. The van der Waals surface area contributed by atoms with Gasteiger partial charge in [0.1, 0.15) is 11.6 Å². The minimum atomic E-state index is 0.108. The Kier molecular flexibility index (Phi) is 2.71. The molecule has 0 aliphatic heterocycles. The minimum absolute atomic E-state index is 0.108. The Morgan fingerprint density at radius 1 is 1.26 bits per heavy atom. The van der Waals surface area contributed by atoms with Crippen molar-refractivity contribution in [1.82, 2.24) is 15.0 Å². The number of hydrogen-bond donors (Lipinski definition) is 2. The van der Waals surface area contributed by atoms with Crippen LogP contribution in [0, 0.1) is 6.92 Å². The number of aromatic nitrogens is 3. The average molecular weight is 253 g/mol. The summed E-state index contributed by atoms with van der Waals surface area (Å²) in [7, 11) is 0. The molecule has 0 bridgehead atoms. The lowest BCUT2D eigenvalue weighted by atomic mass is 10.1. The number of para-hydroxylation sites is 1. The number of nitrogens with one attached hydrogen (secondary N) is 2. The van der Waals surface area contributed by atoms with Gasteiger partial charge in [-0.05, 0) is 19.9 Å². The predicted molar refractivity (Wildman–Crippen MR) is 75.0 cm³/mol. The van der Waals surface area contributed by atoms with Crippen LogP contribution in [0.5, 0.6) is 0 Å². The van der Waals surface area contributed by atoms with Crippen LogP contribution in [0.4, 0.5) is 0 Å². The molecule has 0 saturated carbocycles. The summed E-state index contributed by atoms with van der Waals surface area (Å²) >= 11 is 0. The molecule has 3 aromatic rings. The lowest BCUT2D eigenvalue weighted by molar-refractivity contribution is -0.116. The van der Waals surface area contributed by atoms with E-state index < -0.39 is 0 Å². The fraction of sp³-hybridized carbons (Fsp3) is 0.200. The van der Waals surface area contributed by atoms with Gasteiger partial charge in [0.2, 0.25) is 0 Å². The molecule has 3 rings (SSSR count). The van der Waals surface area contributed by atoms with Crippen molar-refractivity contribution >= 4 is 16.7 Å². The molecule has 2 aromatic heterocycles. The van der Waals surface area contributed by atoms with Crippen molar-refractivity contribution < 1.29 is 4.79 Å². The number of imidazole rings is 1. The molecule has 2 heterocycles. The second-order valence-corrected chi connectivity index (χ2v) is 4.79. The van der Waals surface area contributed by atoms with E-state index in [4.69, 9.17) is 0 Å². The van der Waals surface area contributed by atoms with Crippen LogP contribution in [-0.2, 0) is 11.2 Å². The third kappa shape index (κ3) is 2.05. The van der Waals surface area contributed by atoms with Crippen molar-refractivity contribution in [3.05, 3.63) is 42.0 Å². The maximum absolute atomic E-state index is 11.1. The van der Waals surface area contributed by atoms with E-state index in [0.717, 1.165) is 27.9 Å². The summed E-state index contributed by atoms with van der Waals surface area (Å²) in [5.74, 6) is 0.823. The molecule has 0 radical (unpaired) electrons. The van der Waals surface area contributed by atoms with Crippen molar-refractivity contribution in [1.29, 1.82) is 0 Å². The first-order chi connectivity index (χ1) is 9.15. The summed E-state index contributed by atoms with van der Waals surface area (Å²) in [6.45, 7) is 3.61. The summed E-state index contributed by atoms with van der Waals surface area (Å²) in [5, 5.41) is 1.16. The fourth-order valence-electron chi connectivity index (χ4n) is 2.44. The summed E-state index contributed by atoms with van der Waals surface area (Å²) in [6, 6.07) is 8.17. The van der Waals surface area contributed by atoms with E-state index in [-0.39, 0.29) is 5.78 Å². The third-order valence-corrected chi connectivity index (χ3v) is 3.21. The molecular weight excluding hydrogens is 238 g/mol. The van der Waals surface area contributed by atoms with Gasteiger partial charge < -0.3 is 9.97 Å². The Labute approximate surface area is 110 Å². The van der Waals surface area contributed by atoms with Gasteiger partial charge in [-0.2, -0.15) is 0 Å². The number of carbonyl (C=O) groups excluding carboxylic acids is 1. The van der Waals surface area contributed by atoms with Crippen LogP contribution >= 0.6 is 0 Å². The zero-order chi connectivity index (χ0) is 13.4. The average Bonchev–Trinajstić information content (AvgIpc) is 2.91. The molecule has 2 N–H and O–H groups in total.